The van der Waals surface area contributed by atoms with Gasteiger partial charge in [0, 0.05) is 6.54 Å². The molecule has 0 amide bonds. The van der Waals surface area contributed by atoms with E-state index in [4.69, 9.17) is 46.0 Å². The predicted octanol–water partition coefficient (Wildman–Crippen LogP) is 4.14. The molecular formula is C5H10Cl4NOP. The van der Waals surface area contributed by atoms with Crippen molar-refractivity contribution >= 4 is 52.7 Å². The van der Waals surface area contributed by atoms with Crippen LogP contribution in [0.5, 0.6) is 0 Å². The molecule has 1 N–H and O–H groups in total. The fourth-order valence-electron chi connectivity index (χ4n) is 0.489. The monoisotopic (exact) mass is 271 g/mol. The van der Waals surface area contributed by atoms with E-state index in [-0.39, 0.29) is 0 Å². The summed E-state index contributed by atoms with van der Waals surface area (Å²) >= 11 is 21.6. The lowest BCUT2D eigenvalue weighted by atomic mass is 10.3. The van der Waals surface area contributed by atoms with Gasteiger partial charge in [0.1, 0.15) is 0 Å². The third kappa shape index (κ3) is 4.55. The van der Waals surface area contributed by atoms with Crippen LogP contribution in [-0.4, -0.2) is 10.1 Å². The Balaban J connectivity index is 3.98. The van der Waals surface area contributed by atoms with Crippen molar-refractivity contribution in [3.05, 3.63) is 0 Å². The summed E-state index contributed by atoms with van der Waals surface area (Å²) in [4.78, 5) is 0. The number of nitrogens with one attached hydrogen (secondary N) is 1. The Kier molecular flexibility index (Phi) is 5.88. The highest BCUT2D eigenvalue weighted by Gasteiger charge is 2.42. The summed E-state index contributed by atoms with van der Waals surface area (Å²) in [5, 5.41) is 2.53. The maximum Gasteiger partial charge on any atom is 0.282 e. The van der Waals surface area contributed by atoms with Gasteiger partial charge in [-0.2, -0.15) is 0 Å². The zero-order chi connectivity index (χ0) is 9.83. The second-order valence-corrected chi connectivity index (χ2v) is 8.81. The van der Waals surface area contributed by atoms with E-state index in [2.05, 4.69) is 5.09 Å². The van der Waals surface area contributed by atoms with Gasteiger partial charge in [0.15, 0.2) is 0 Å². The minimum absolute atomic E-state index is 0.491. The molecule has 12 heavy (non-hydrogen) atoms. The lowest BCUT2D eigenvalue weighted by Gasteiger charge is -2.19. The van der Waals surface area contributed by atoms with Gasteiger partial charge in [0.25, 0.3) is 10.2 Å². The highest BCUT2D eigenvalue weighted by atomic mass is 35.7. The molecule has 0 radical (unpaired) electrons. The van der Waals surface area contributed by atoms with Gasteiger partial charge in [0.05, 0.1) is 0 Å². The van der Waals surface area contributed by atoms with Crippen LogP contribution in [0.3, 0.4) is 0 Å². The molecule has 0 aromatic rings. The smallest absolute Gasteiger partial charge is 0.282 e. The molecule has 1 atom stereocenters. The van der Waals surface area contributed by atoms with Crippen LogP contribution in [-0.2, 0) is 4.57 Å². The fourth-order valence-corrected chi connectivity index (χ4v) is 1.91. The van der Waals surface area contributed by atoms with Crippen molar-refractivity contribution in [3.63, 3.8) is 0 Å². The average molecular weight is 273 g/mol. The van der Waals surface area contributed by atoms with Gasteiger partial charge in [0.2, 0.25) is 0 Å². The molecule has 0 rings (SSSR count). The first-order valence-corrected chi connectivity index (χ1v) is 7.17. The summed E-state index contributed by atoms with van der Waals surface area (Å²) in [5.41, 5.74) is 0. The molecule has 0 aliphatic carbocycles. The van der Waals surface area contributed by atoms with Gasteiger partial charge in [-0.1, -0.05) is 48.1 Å². The van der Waals surface area contributed by atoms with Crippen LogP contribution in [0.25, 0.3) is 0 Å². The third-order valence-corrected chi connectivity index (χ3v) is 6.49. The van der Waals surface area contributed by atoms with E-state index in [1.807, 2.05) is 6.92 Å². The maximum atomic E-state index is 11.4. The highest BCUT2D eigenvalue weighted by Crippen LogP contribution is 2.65. The van der Waals surface area contributed by atoms with Crippen molar-refractivity contribution in [2.24, 2.45) is 0 Å². The number of hydrogen-bond donors (Lipinski definition) is 1. The second kappa shape index (κ2) is 5.29. The summed E-state index contributed by atoms with van der Waals surface area (Å²) in [6.07, 6.45) is 1.81. The molecule has 74 valence electrons. The van der Waals surface area contributed by atoms with E-state index in [1.165, 1.54) is 0 Å². The summed E-state index contributed by atoms with van der Waals surface area (Å²) in [7, 11) is 0. The predicted molar refractivity (Wildman–Crippen MR) is 56.7 cm³/mol. The van der Waals surface area contributed by atoms with E-state index in [1.54, 1.807) is 0 Å². The van der Waals surface area contributed by atoms with Gasteiger partial charge in [-0.3, -0.25) is 9.65 Å². The number of rotatable bonds is 4. The van der Waals surface area contributed by atoms with Crippen LogP contribution in [0.15, 0.2) is 0 Å². The van der Waals surface area contributed by atoms with Gasteiger partial charge in [-0.15, -0.1) is 0 Å². The molecule has 0 spiro atoms. The van der Waals surface area contributed by atoms with Crippen molar-refractivity contribution < 1.29 is 4.57 Å². The molecule has 0 saturated heterocycles. The van der Waals surface area contributed by atoms with E-state index in [9.17, 15) is 4.57 Å². The van der Waals surface area contributed by atoms with Crippen molar-refractivity contribution in [3.8, 4) is 0 Å². The SMILES string of the molecule is CCCCNP(=O)(Cl)C(Cl)(Cl)Cl. The largest absolute Gasteiger partial charge is 0.285 e. The molecule has 0 aromatic heterocycles. The average Bonchev–Trinajstić information content (AvgIpc) is 1.85. The van der Waals surface area contributed by atoms with Crippen molar-refractivity contribution in [1.29, 1.82) is 0 Å². The zero-order valence-corrected chi connectivity index (χ0v) is 10.4. The second-order valence-electron chi connectivity index (χ2n) is 2.26. The molecule has 0 aromatic carbocycles. The Hall–Kier alpha value is 1.35. The normalized spacial score (nSPS) is 17.4. The van der Waals surface area contributed by atoms with Crippen LogP contribution in [0.1, 0.15) is 19.8 Å². The fraction of sp³-hybridized carbons (Fsp3) is 1.00. The lowest BCUT2D eigenvalue weighted by Crippen LogP contribution is -2.17. The molecule has 1 unspecified atom stereocenters. The first-order valence-electron chi connectivity index (χ1n) is 3.43. The molecule has 0 aliphatic heterocycles. The Morgan fingerprint density at radius 3 is 2.25 bits per heavy atom. The minimum Gasteiger partial charge on any atom is -0.285 e. The summed E-state index contributed by atoms with van der Waals surface area (Å²) in [6, 6.07) is 0. The number of alkyl halides is 3. The highest BCUT2D eigenvalue weighted by molar-refractivity contribution is 7.92. The molecule has 0 aliphatic rings. The van der Waals surface area contributed by atoms with E-state index < -0.39 is 10.2 Å². The Labute approximate surface area is 92.1 Å². The number of halogens is 4. The molecular weight excluding hydrogens is 263 g/mol. The van der Waals surface area contributed by atoms with Crippen molar-refractivity contribution in [2.75, 3.05) is 6.54 Å². The quantitative estimate of drug-likeness (QED) is 0.474. The minimum atomic E-state index is -3.39. The Morgan fingerprint density at radius 1 is 1.42 bits per heavy atom. The van der Waals surface area contributed by atoms with Gasteiger partial charge >= 0.3 is 0 Å². The summed E-state index contributed by atoms with van der Waals surface area (Å²) in [6.45, 7) is -0.900. The third-order valence-electron chi connectivity index (χ3n) is 1.17. The van der Waals surface area contributed by atoms with Crippen molar-refractivity contribution in [2.45, 2.75) is 23.3 Å². The van der Waals surface area contributed by atoms with E-state index >= 15 is 0 Å². The molecule has 2 nitrogen and oxygen atoms in total. The number of unbranched alkanes of at least 4 members (excludes halogenated alkanes) is 1. The van der Waals surface area contributed by atoms with Crippen LogP contribution in [0.4, 0.5) is 0 Å². The van der Waals surface area contributed by atoms with Gasteiger partial charge < -0.3 is 0 Å². The zero-order valence-electron chi connectivity index (χ0n) is 6.49. The van der Waals surface area contributed by atoms with Gasteiger partial charge in [-0.05, 0) is 17.7 Å². The Morgan fingerprint density at radius 2 is 1.92 bits per heavy atom. The number of hydrogen-bond acceptors (Lipinski definition) is 1. The van der Waals surface area contributed by atoms with Gasteiger partial charge in [-0.25, -0.2) is 0 Å². The summed E-state index contributed by atoms with van der Waals surface area (Å²) in [5.74, 6) is 0. The van der Waals surface area contributed by atoms with Crippen LogP contribution in [0.2, 0.25) is 0 Å². The first-order chi connectivity index (χ1) is 5.31. The van der Waals surface area contributed by atoms with Crippen LogP contribution in [0, 0.1) is 0 Å². The van der Waals surface area contributed by atoms with Crippen molar-refractivity contribution in [1.82, 2.24) is 5.09 Å². The molecule has 0 heterocycles. The van der Waals surface area contributed by atoms with E-state index in [0.717, 1.165) is 12.8 Å². The molecule has 0 fully saturated rings. The van der Waals surface area contributed by atoms with Crippen LogP contribution >= 0.6 is 52.7 Å². The maximum absolute atomic E-state index is 11.4. The standard InChI is InChI=1S/C5H10Cl4NOP/c1-2-3-4-10-12(9,11)5(6,7)8/h2-4H2,1H3,(H,10,11). The molecule has 0 bridgehead atoms. The summed E-state index contributed by atoms with van der Waals surface area (Å²) < 4.78 is 9.44. The van der Waals surface area contributed by atoms with Crippen LogP contribution < -0.4 is 5.09 Å². The Bertz CT molecular complexity index is 181. The lowest BCUT2D eigenvalue weighted by molar-refractivity contribution is 0.573. The topological polar surface area (TPSA) is 29.1 Å². The first kappa shape index (κ1) is 13.4. The molecule has 7 heteroatoms. The van der Waals surface area contributed by atoms with E-state index in [0.29, 0.717) is 6.54 Å². The molecule has 0 saturated carbocycles.